The van der Waals surface area contributed by atoms with Gasteiger partial charge in [-0.2, -0.15) is 0 Å². The Morgan fingerprint density at radius 1 is 1.33 bits per heavy atom. The summed E-state index contributed by atoms with van der Waals surface area (Å²) in [6.45, 7) is 7.11. The average molecular weight is 335 g/mol. The Morgan fingerprint density at radius 3 is 2.75 bits per heavy atom. The van der Waals surface area contributed by atoms with Crippen LogP contribution in [-0.2, 0) is 11.3 Å². The zero-order valence-electron chi connectivity index (χ0n) is 15.1. The van der Waals surface area contributed by atoms with Crippen molar-refractivity contribution in [1.29, 1.82) is 0 Å². The van der Waals surface area contributed by atoms with Crippen LogP contribution in [0.2, 0.25) is 0 Å². The van der Waals surface area contributed by atoms with E-state index in [1.54, 1.807) is 12.1 Å². The van der Waals surface area contributed by atoms with Crippen LogP contribution in [0.25, 0.3) is 0 Å². The lowest BCUT2D eigenvalue weighted by Crippen LogP contribution is -2.24. The van der Waals surface area contributed by atoms with Gasteiger partial charge < -0.3 is 19.9 Å². The van der Waals surface area contributed by atoms with Crippen molar-refractivity contribution in [3.05, 3.63) is 35.4 Å². The molecule has 0 aromatic heterocycles. The number of rotatable bonds is 9. The number of carbonyl (C=O) groups is 1. The van der Waals surface area contributed by atoms with Crippen molar-refractivity contribution >= 4 is 6.09 Å². The second-order valence-corrected chi connectivity index (χ2v) is 6.25. The Bertz CT molecular complexity index is 550. The van der Waals surface area contributed by atoms with Crippen molar-refractivity contribution < 1.29 is 19.4 Å². The Labute approximate surface area is 144 Å². The summed E-state index contributed by atoms with van der Waals surface area (Å²) in [6.07, 6.45) is 4.83. The van der Waals surface area contributed by atoms with Crippen LogP contribution in [0.4, 0.5) is 4.79 Å². The van der Waals surface area contributed by atoms with E-state index in [1.807, 2.05) is 0 Å². The molecule has 0 saturated heterocycles. The normalized spacial score (nSPS) is 11.5. The molecule has 24 heavy (non-hydrogen) atoms. The van der Waals surface area contributed by atoms with Crippen molar-refractivity contribution in [3.63, 3.8) is 0 Å². The second-order valence-electron chi connectivity index (χ2n) is 6.25. The van der Waals surface area contributed by atoms with Crippen LogP contribution < -0.4 is 10.1 Å². The van der Waals surface area contributed by atoms with E-state index in [-0.39, 0.29) is 5.75 Å². The molecule has 0 aliphatic carbocycles. The molecule has 0 bridgehead atoms. The predicted octanol–water partition coefficient (Wildman–Crippen LogP) is 4.40. The lowest BCUT2D eigenvalue weighted by Gasteiger charge is -2.12. The van der Waals surface area contributed by atoms with Gasteiger partial charge in [0.2, 0.25) is 0 Å². The molecule has 1 aromatic carbocycles. The molecular weight excluding hydrogens is 306 g/mol. The maximum atomic E-state index is 11.7. The highest BCUT2D eigenvalue weighted by molar-refractivity contribution is 5.67. The highest BCUT2D eigenvalue weighted by Crippen LogP contribution is 2.26. The monoisotopic (exact) mass is 335 g/mol. The third-order valence-corrected chi connectivity index (χ3v) is 3.74. The predicted molar refractivity (Wildman–Crippen MR) is 95.3 cm³/mol. The summed E-state index contributed by atoms with van der Waals surface area (Å²) < 4.78 is 10.2. The van der Waals surface area contributed by atoms with Crippen LogP contribution >= 0.6 is 0 Å². The zero-order valence-corrected chi connectivity index (χ0v) is 15.1. The van der Waals surface area contributed by atoms with Crippen LogP contribution in [0.3, 0.4) is 0 Å². The quantitative estimate of drug-likeness (QED) is 0.656. The maximum absolute atomic E-state index is 11.7. The van der Waals surface area contributed by atoms with E-state index in [1.165, 1.54) is 18.7 Å². The van der Waals surface area contributed by atoms with Gasteiger partial charge in [-0.15, -0.1) is 0 Å². The van der Waals surface area contributed by atoms with Crippen molar-refractivity contribution in [2.45, 2.75) is 46.6 Å². The lowest BCUT2D eigenvalue weighted by atomic mass is 10.0. The van der Waals surface area contributed by atoms with Gasteiger partial charge in [0.15, 0.2) is 11.5 Å². The Morgan fingerprint density at radius 2 is 2.08 bits per heavy atom. The fourth-order valence-corrected chi connectivity index (χ4v) is 2.21. The van der Waals surface area contributed by atoms with Crippen molar-refractivity contribution in [2.75, 3.05) is 13.7 Å². The number of ether oxygens (including phenoxy) is 2. The van der Waals surface area contributed by atoms with Gasteiger partial charge >= 0.3 is 6.09 Å². The van der Waals surface area contributed by atoms with E-state index in [4.69, 9.17) is 9.47 Å². The van der Waals surface area contributed by atoms with Gasteiger partial charge in [-0.1, -0.05) is 24.6 Å². The molecule has 0 radical (unpaired) electrons. The molecule has 5 heteroatoms. The van der Waals surface area contributed by atoms with Crippen LogP contribution in [0, 0.1) is 5.92 Å². The Balaban J connectivity index is 2.23. The van der Waals surface area contributed by atoms with Gasteiger partial charge in [0, 0.05) is 6.54 Å². The molecule has 0 aliphatic heterocycles. The number of hydrogen-bond acceptors (Lipinski definition) is 4. The van der Waals surface area contributed by atoms with Gasteiger partial charge in [0.05, 0.1) is 13.7 Å². The summed E-state index contributed by atoms with van der Waals surface area (Å²) in [7, 11) is 1.49. The van der Waals surface area contributed by atoms with Gasteiger partial charge in [0.25, 0.3) is 0 Å². The number of allylic oxidation sites excluding steroid dienone is 2. The SMILES string of the molecule is COc1cc(CNC(=O)OCCC(C)CCC=C(C)C)ccc1O. The molecule has 5 nitrogen and oxygen atoms in total. The third kappa shape index (κ3) is 7.90. The molecule has 1 atom stereocenters. The first kappa shape index (κ1) is 19.9. The van der Waals surface area contributed by atoms with E-state index in [9.17, 15) is 9.90 Å². The van der Waals surface area contributed by atoms with Gasteiger partial charge in [0.1, 0.15) is 0 Å². The van der Waals surface area contributed by atoms with E-state index in [0.29, 0.717) is 24.8 Å². The minimum atomic E-state index is -0.432. The van der Waals surface area contributed by atoms with E-state index in [0.717, 1.165) is 24.8 Å². The number of alkyl carbamates (subject to hydrolysis) is 1. The van der Waals surface area contributed by atoms with Crippen LogP contribution in [0.15, 0.2) is 29.8 Å². The molecule has 1 amide bonds. The van der Waals surface area contributed by atoms with Crippen LogP contribution in [0.5, 0.6) is 11.5 Å². The Kier molecular flexibility index (Phi) is 8.76. The minimum absolute atomic E-state index is 0.0749. The smallest absolute Gasteiger partial charge is 0.407 e. The molecule has 1 aromatic rings. The van der Waals surface area contributed by atoms with E-state index in [2.05, 4.69) is 32.2 Å². The first-order valence-corrected chi connectivity index (χ1v) is 8.32. The molecule has 0 spiro atoms. The fourth-order valence-electron chi connectivity index (χ4n) is 2.21. The maximum Gasteiger partial charge on any atom is 0.407 e. The number of benzene rings is 1. The van der Waals surface area contributed by atoms with Gasteiger partial charge in [-0.05, 0) is 56.7 Å². The molecule has 1 rings (SSSR count). The molecule has 0 aliphatic rings. The molecule has 134 valence electrons. The van der Waals surface area contributed by atoms with E-state index >= 15 is 0 Å². The first-order chi connectivity index (χ1) is 11.4. The summed E-state index contributed by atoms with van der Waals surface area (Å²) in [5, 5.41) is 12.2. The number of aromatic hydroxyl groups is 1. The number of phenolic OH excluding ortho intramolecular Hbond substituents is 1. The fraction of sp³-hybridized carbons (Fsp3) is 0.526. The zero-order chi connectivity index (χ0) is 17.9. The number of phenols is 1. The average Bonchev–Trinajstić information content (AvgIpc) is 2.53. The van der Waals surface area contributed by atoms with Crippen LogP contribution in [-0.4, -0.2) is 24.9 Å². The van der Waals surface area contributed by atoms with Crippen LogP contribution in [0.1, 0.15) is 45.6 Å². The summed E-state index contributed by atoms with van der Waals surface area (Å²) in [6, 6.07) is 4.94. The largest absolute Gasteiger partial charge is 0.504 e. The number of carbonyl (C=O) groups excluding carboxylic acids is 1. The number of nitrogens with one attached hydrogen (secondary N) is 1. The molecule has 0 saturated carbocycles. The van der Waals surface area contributed by atoms with Crippen molar-refractivity contribution in [1.82, 2.24) is 5.32 Å². The van der Waals surface area contributed by atoms with Crippen molar-refractivity contribution in [2.24, 2.45) is 5.92 Å². The first-order valence-electron chi connectivity index (χ1n) is 8.32. The number of hydrogen-bond donors (Lipinski definition) is 2. The molecule has 1 unspecified atom stereocenters. The lowest BCUT2D eigenvalue weighted by molar-refractivity contribution is 0.138. The third-order valence-electron chi connectivity index (χ3n) is 3.74. The number of methoxy groups -OCH3 is 1. The summed E-state index contributed by atoms with van der Waals surface area (Å²) in [5.74, 6) is 0.980. The molecular formula is C19H29NO4. The van der Waals surface area contributed by atoms with Gasteiger partial charge in [-0.3, -0.25) is 0 Å². The number of amides is 1. The molecule has 2 N–H and O–H groups in total. The molecule has 0 fully saturated rings. The minimum Gasteiger partial charge on any atom is -0.504 e. The Hall–Kier alpha value is -2.17. The topological polar surface area (TPSA) is 67.8 Å². The summed E-state index contributed by atoms with van der Waals surface area (Å²) in [4.78, 5) is 11.7. The van der Waals surface area contributed by atoms with E-state index < -0.39 is 6.09 Å². The summed E-state index contributed by atoms with van der Waals surface area (Å²) in [5.41, 5.74) is 2.17. The second kappa shape index (κ2) is 10.6. The highest BCUT2D eigenvalue weighted by atomic mass is 16.5. The summed E-state index contributed by atoms with van der Waals surface area (Å²) >= 11 is 0. The van der Waals surface area contributed by atoms with Crippen molar-refractivity contribution in [3.8, 4) is 11.5 Å². The highest BCUT2D eigenvalue weighted by Gasteiger charge is 2.07. The molecule has 0 heterocycles. The standard InChI is InChI=1S/C19H29NO4/c1-14(2)6-5-7-15(3)10-11-24-19(22)20-13-16-8-9-17(21)18(12-16)23-4/h6,8-9,12,15,21H,5,7,10-11,13H2,1-4H3,(H,20,22). The van der Waals surface area contributed by atoms with Gasteiger partial charge in [-0.25, -0.2) is 4.79 Å².